The molecule has 0 saturated carbocycles. The zero-order chi connectivity index (χ0) is 27.6. The van der Waals surface area contributed by atoms with Gasteiger partial charge in [0.1, 0.15) is 19.0 Å². The standard InChI is InChI=1S/C31H31N5O4/c1-20-3-7-24(32-30(37)23-5-9-27-28(18-23)40-16-15-39-27)19-26(20)34-31(38)22-4-8-25-21(17-22)6-10-29(33-25)36-13-11-35(2)12-14-36/h3-10,17-19H,11-16H2,1-2H3,(H,32,37)(H,34,38). The molecule has 0 aliphatic carbocycles. The maximum absolute atomic E-state index is 13.2. The maximum Gasteiger partial charge on any atom is 0.255 e. The number of hydrogen-bond acceptors (Lipinski definition) is 7. The van der Waals surface area contributed by atoms with Crippen molar-refractivity contribution < 1.29 is 19.1 Å². The first-order valence-electron chi connectivity index (χ1n) is 13.4. The minimum atomic E-state index is -0.281. The van der Waals surface area contributed by atoms with Gasteiger partial charge >= 0.3 is 0 Å². The predicted octanol–water partition coefficient (Wildman–Crippen LogP) is 4.57. The third-order valence-corrected chi connectivity index (χ3v) is 7.31. The molecule has 3 aromatic carbocycles. The van der Waals surface area contributed by atoms with Crippen LogP contribution < -0.4 is 25.0 Å². The number of benzene rings is 3. The molecule has 9 nitrogen and oxygen atoms in total. The molecule has 0 spiro atoms. The van der Waals surface area contributed by atoms with Gasteiger partial charge in [0.2, 0.25) is 0 Å². The van der Waals surface area contributed by atoms with Crippen molar-refractivity contribution in [3.8, 4) is 11.5 Å². The van der Waals surface area contributed by atoms with Gasteiger partial charge in [0.15, 0.2) is 11.5 Å². The lowest BCUT2D eigenvalue weighted by Crippen LogP contribution is -2.44. The second kappa shape index (κ2) is 10.9. The lowest BCUT2D eigenvalue weighted by molar-refractivity contribution is 0.101. The minimum absolute atomic E-state index is 0.233. The molecular weight excluding hydrogens is 506 g/mol. The summed E-state index contributed by atoms with van der Waals surface area (Å²) in [5.41, 5.74) is 3.91. The van der Waals surface area contributed by atoms with E-state index in [0.29, 0.717) is 47.2 Å². The first-order valence-corrected chi connectivity index (χ1v) is 13.4. The van der Waals surface area contributed by atoms with Crippen molar-refractivity contribution in [1.29, 1.82) is 0 Å². The largest absolute Gasteiger partial charge is 0.486 e. The molecule has 2 aliphatic heterocycles. The van der Waals surface area contributed by atoms with E-state index < -0.39 is 0 Å². The van der Waals surface area contributed by atoms with Crippen molar-refractivity contribution >= 4 is 39.9 Å². The smallest absolute Gasteiger partial charge is 0.255 e. The highest BCUT2D eigenvalue weighted by Crippen LogP contribution is 2.31. The molecule has 0 radical (unpaired) electrons. The van der Waals surface area contributed by atoms with Crippen LogP contribution in [0.1, 0.15) is 26.3 Å². The van der Waals surface area contributed by atoms with Gasteiger partial charge in [0, 0.05) is 54.1 Å². The van der Waals surface area contributed by atoms with Gasteiger partial charge in [-0.25, -0.2) is 4.98 Å². The SMILES string of the molecule is Cc1ccc(NC(=O)c2ccc3c(c2)OCCO3)cc1NC(=O)c1ccc2nc(N3CCN(C)CC3)ccc2c1. The number of aryl methyl sites for hydroxylation is 1. The zero-order valence-electron chi connectivity index (χ0n) is 22.6. The van der Waals surface area contributed by atoms with Gasteiger partial charge in [-0.1, -0.05) is 6.07 Å². The van der Waals surface area contributed by atoms with E-state index in [-0.39, 0.29) is 11.8 Å². The molecule has 2 N–H and O–H groups in total. The van der Waals surface area contributed by atoms with E-state index in [1.54, 1.807) is 36.4 Å². The first-order chi connectivity index (χ1) is 19.4. The Morgan fingerprint density at radius 1 is 0.775 bits per heavy atom. The van der Waals surface area contributed by atoms with Gasteiger partial charge in [0.25, 0.3) is 11.8 Å². The van der Waals surface area contributed by atoms with Gasteiger partial charge < -0.3 is 29.9 Å². The Labute approximate surface area is 232 Å². The summed E-state index contributed by atoms with van der Waals surface area (Å²) in [4.78, 5) is 35.5. The first kappa shape index (κ1) is 25.6. The number of carbonyl (C=O) groups is 2. The monoisotopic (exact) mass is 537 g/mol. The highest BCUT2D eigenvalue weighted by molar-refractivity contribution is 6.08. The van der Waals surface area contributed by atoms with Crippen LogP contribution in [-0.2, 0) is 0 Å². The molecular formula is C31H31N5O4. The van der Waals surface area contributed by atoms with E-state index in [4.69, 9.17) is 14.5 Å². The fourth-order valence-electron chi connectivity index (χ4n) is 4.88. The van der Waals surface area contributed by atoms with Crippen molar-refractivity contribution in [2.75, 3.05) is 62.0 Å². The van der Waals surface area contributed by atoms with Gasteiger partial charge in [-0.3, -0.25) is 9.59 Å². The van der Waals surface area contributed by atoms with Crippen LogP contribution >= 0.6 is 0 Å². The summed E-state index contributed by atoms with van der Waals surface area (Å²) in [5, 5.41) is 6.80. The van der Waals surface area contributed by atoms with Gasteiger partial charge in [-0.05, 0) is 80.2 Å². The molecule has 2 amide bonds. The fraction of sp³-hybridized carbons (Fsp3) is 0.258. The third-order valence-electron chi connectivity index (χ3n) is 7.31. The molecule has 6 rings (SSSR count). The number of anilines is 3. The molecule has 204 valence electrons. The van der Waals surface area contributed by atoms with E-state index in [2.05, 4.69) is 27.5 Å². The minimum Gasteiger partial charge on any atom is -0.486 e. The van der Waals surface area contributed by atoms with E-state index in [1.165, 1.54) is 0 Å². The van der Waals surface area contributed by atoms with Crippen molar-refractivity contribution in [3.63, 3.8) is 0 Å². The Morgan fingerprint density at radius 2 is 1.50 bits per heavy atom. The number of likely N-dealkylation sites (N-methyl/N-ethyl adjacent to an activating group) is 1. The van der Waals surface area contributed by atoms with Gasteiger partial charge in [-0.2, -0.15) is 0 Å². The highest BCUT2D eigenvalue weighted by Gasteiger charge is 2.18. The molecule has 40 heavy (non-hydrogen) atoms. The van der Waals surface area contributed by atoms with Crippen molar-refractivity contribution in [2.24, 2.45) is 0 Å². The van der Waals surface area contributed by atoms with Crippen molar-refractivity contribution in [2.45, 2.75) is 6.92 Å². The number of pyridine rings is 1. The number of rotatable bonds is 5. The van der Waals surface area contributed by atoms with Crippen LogP contribution in [0.5, 0.6) is 11.5 Å². The second-order valence-corrected chi connectivity index (χ2v) is 10.2. The van der Waals surface area contributed by atoms with Crippen LogP contribution in [0.4, 0.5) is 17.2 Å². The topological polar surface area (TPSA) is 96.0 Å². The number of nitrogens with one attached hydrogen (secondary N) is 2. The molecule has 3 heterocycles. The summed E-state index contributed by atoms with van der Waals surface area (Å²) in [6.07, 6.45) is 0. The number of amides is 2. The summed E-state index contributed by atoms with van der Waals surface area (Å²) in [6.45, 7) is 6.78. The van der Waals surface area contributed by atoms with Gasteiger partial charge in [0.05, 0.1) is 5.52 Å². The van der Waals surface area contributed by atoms with E-state index in [9.17, 15) is 9.59 Å². The Balaban J connectivity index is 1.15. The quantitative estimate of drug-likeness (QED) is 0.385. The van der Waals surface area contributed by atoms with Gasteiger partial charge in [-0.15, -0.1) is 0 Å². The Morgan fingerprint density at radius 3 is 2.33 bits per heavy atom. The number of carbonyl (C=O) groups excluding carboxylic acids is 2. The van der Waals surface area contributed by atoms with Crippen LogP contribution in [0.2, 0.25) is 0 Å². The summed E-state index contributed by atoms with van der Waals surface area (Å²) in [7, 11) is 2.13. The number of aromatic nitrogens is 1. The van der Waals surface area contributed by atoms with Crippen LogP contribution in [0, 0.1) is 6.92 Å². The van der Waals surface area contributed by atoms with E-state index >= 15 is 0 Å². The average Bonchev–Trinajstić information content (AvgIpc) is 2.98. The van der Waals surface area contributed by atoms with Crippen LogP contribution in [-0.4, -0.2) is 68.1 Å². The van der Waals surface area contributed by atoms with Crippen molar-refractivity contribution in [3.05, 3.63) is 83.4 Å². The maximum atomic E-state index is 13.2. The Hall–Kier alpha value is -4.63. The number of piperazine rings is 1. The molecule has 4 aromatic rings. The lowest BCUT2D eigenvalue weighted by atomic mass is 10.1. The molecule has 9 heteroatoms. The van der Waals surface area contributed by atoms with Crippen LogP contribution in [0.25, 0.3) is 10.9 Å². The molecule has 1 saturated heterocycles. The second-order valence-electron chi connectivity index (χ2n) is 10.2. The van der Waals surface area contributed by atoms with Crippen molar-refractivity contribution in [1.82, 2.24) is 9.88 Å². The zero-order valence-corrected chi connectivity index (χ0v) is 22.6. The van der Waals surface area contributed by atoms with E-state index in [1.807, 2.05) is 37.3 Å². The molecule has 0 unspecified atom stereocenters. The predicted molar refractivity (Wildman–Crippen MR) is 156 cm³/mol. The Kier molecular flexibility index (Phi) is 6.96. The number of hydrogen-bond donors (Lipinski definition) is 2. The molecule has 2 aliphatic rings. The number of fused-ring (bicyclic) bond motifs is 2. The van der Waals surface area contributed by atoms with Crippen LogP contribution in [0.3, 0.4) is 0 Å². The summed E-state index contributed by atoms with van der Waals surface area (Å²) in [6, 6.07) is 20.1. The fourth-order valence-corrected chi connectivity index (χ4v) is 4.88. The molecule has 0 bridgehead atoms. The van der Waals surface area contributed by atoms with E-state index in [0.717, 1.165) is 48.5 Å². The Bertz CT molecular complexity index is 1600. The molecule has 1 fully saturated rings. The summed E-state index contributed by atoms with van der Waals surface area (Å²) >= 11 is 0. The highest BCUT2D eigenvalue weighted by atomic mass is 16.6. The molecule has 0 atom stereocenters. The average molecular weight is 538 g/mol. The molecule has 1 aromatic heterocycles. The summed E-state index contributed by atoms with van der Waals surface area (Å²) in [5.74, 6) is 1.63. The van der Waals surface area contributed by atoms with Crippen LogP contribution in [0.15, 0.2) is 66.7 Å². The normalized spacial score (nSPS) is 15.1. The summed E-state index contributed by atoms with van der Waals surface area (Å²) < 4.78 is 11.1. The lowest BCUT2D eigenvalue weighted by Gasteiger charge is -2.33. The number of nitrogens with zero attached hydrogens (tertiary/aromatic N) is 3. The third kappa shape index (κ3) is 5.41. The number of ether oxygens (including phenoxy) is 2.